The van der Waals surface area contributed by atoms with E-state index in [1.54, 1.807) is 29.7 Å². The van der Waals surface area contributed by atoms with Crippen LogP contribution in [0.3, 0.4) is 0 Å². The first-order valence-electron chi connectivity index (χ1n) is 8.48. The molecular formula is C18H17ClN2O5S3. The van der Waals surface area contributed by atoms with Gasteiger partial charge in [0.15, 0.2) is 14.6 Å². The number of hydrogen-bond acceptors (Lipinski definition) is 7. The van der Waals surface area contributed by atoms with Crippen LogP contribution >= 0.6 is 34.3 Å². The molecule has 0 bridgehead atoms. The van der Waals surface area contributed by atoms with Gasteiger partial charge in [-0.25, -0.2) is 8.42 Å². The molecule has 0 radical (unpaired) electrons. The second kappa shape index (κ2) is 8.78. The van der Waals surface area contributed by atoms with Gasteiger partial charge in [0.05, 0.1) is 32.5 Å². The molecule has 7 nitrogen and oxygen atoms in total. The zero-order valence-electron chi connectivity index (χ0n) is 15.5. The van der Waals surface area contributed by atoms with Gasteiger partial charge in [0.2, 0.25) is 0 Å². The van der Waals surface area contributed by atoms with Gasteiger partial charge in [-0.2, -0.15) is 4.99 Å². The van der Waals surface area contributed by atoms with E-state index in [0.29, 0.717) is 19.4 Å². The van der Waals surface area contributed by atoms with Crippen molar-refractivity contribution < 1.29 is 22.7 Å². The van der Waals surface area contributed by atoms with Crippen LogP contribution in [0.4, 0.5) is 0 Å². The van der Waals surface area contributed by atoms with Gasteiger partial charge in [-0.05, 0) is 37.3 Å². The molecule has 29 heavy (non-hydrogen) atoms. The van der Waals surface area contributed by atoms with Gasteiger partial charge in [-0.3, -0.25) is 9.59 Å². The third-order valence-corrected chi connectivity index (χ3v) is 7.23. The molecular weight excluding hydrogens is 456 g/mol. The second-order valence-electron chi connectivity index (χ2n) is 6.07. The highest BCUT2D eigenvalue weighted by atomic mass is 35.5. The highest BCUT2D eigenvalue weighted by molar-refractivity contribution is 7.90. The van der Waals surface area contributed by atoms with E-state index in [1.807, 2.05) is 0 Å². The van der Waals surface area contributed by atoms with Gasteiger partial charge in [-0.15, -0.1) is 11.3 Å². The van der Waals surface area contributed by atoms with Crippen LogP contribution in [0.1, 0.15) is 11.8 Å². The predicted molar refractivity (Wildman–Crippen MR) is 113 cm³/mol. The van der Waals surface area contributed by atoms with E-state index in [9.17, 15) is 18.0 Å². The Morgan fingerprint density at radius 3 is 2.59 bits per heavy atom. The number of halogens is 1. The smallest absolute Gasteiger partial charge is 0.326 e. The maximum absolute atomic E-state index is 12.4. The lowest BCUT2D eigenvalue weighted by Crippen LogP contribution is -2.23. The fourth-order valence-electron chi connectivity index (χ4n) is 2.60. The van der Waals surface area contributed by atoms with E-state index in [0.717, 1.165) is 22.5 Å². The molecule has 0 aliphatic carbocycles. The number of carbonyl (C=O) groups is 2. The molecule has 1 aromatic carbocycles. The average Bonchev–Trinajstić information content (AvgIpc) is 3.17. The van der Waals surface area contributed by atoms with Crippen molar-refractivity contribution in [2.24, 2.45) is 4.99 Å². The molecule has 0 saturated heterocycles. The second-order valence-corrected chi connectivity index (χ2v) is 10.9. The Labute approximate surface area is 180 Å². The molecule has 0 unspecified atom stereocenters. The molecule has 1 amide bonds. The summed E-state index contributed by atoms with van der Waals surface area (Å²) in [6.07, 6.45) is 1.20. The lowest BCUT2D eigenvalue weighted by atomic mass is 10.3. The highest BCUT2D eigenvalue weighted by Gasteiger charge is 2.15. The molecule has 0 saturated carbocycles. The minimum atomic E-state index is -3.39. The third-order valence-electron chi connectivity index (χ3n) is 3.85. The van der Waals surface area contributed by atoms with E-state index >= 15 is 0 Å². The standard InChI is InChI=1S/C18H17ClN2O5S3/c1-3-26-17(23)10-21-13-6-5-12(29(2,24)25)9-14(13)28-18(21)20-16(22)8-11-4-7-15(19)27-11/h4-7,9H,3,8,10H2,1-2H3. The van der Waals surface area contributed by atoms with Crippen LogP contribution in [0, 0.1) is 0 Å². The number of fused-ring (bicyclic) bond motifs is 1. The summed E-state index contributed by atoms with van der Waals surface area (Å²) in [4.78, 5) is 29.9. The van der Waals surface area contributed by atoms with Crippen molar-refractivity contribution in [2.45, 2.75) is 24.8 Å². The molecule has 2 heterocycles. The summed E-state index contributed by atoms with van der Waals surface area (Å²) in [5.74, 6) is -0.866. The number of aromatic nitrogens is 1. The summed E-state index contributed by atoms with van der Waals surface area (Å²) < 4.78 is 31.5. The number of benzene rings is 1. The summed E-state index contributed by atoms with van der Waals surface area (Å²) in [5.41, 5.74) is 0.598. The van der Waals surface area contributed by atoms with Crippen molar-refractivity contribution in [1.82, 2.24) is 4.57 Å². The topological polar surface area (TPSA) is 94.8 Å². The van der Waals surface area contributed by atoms with Gasteiger partial charge in [0.25, 0.3) is 5.91 Å². The number of ether oxygens (including phenoxy) is 1. The molecule has 0 spiro atoms. The lowest BCUT2D eigenvalue weighted by molar-refractivity contribution is -0.143. The molecule has 2 aromatic heterocycles. The first-order chi connectivity index (χ1) is 13.7. The number of thiazole rings is 1. The Morgan fingerprint density at radius 1 is 1.21 bits per heavy atom. The van der Waals surface area contributed by atoms with Crippen molar-refractivity contribution in [3.63, 3.8) is 0 Å². The highest BCUT2D eigenvalue weighted by Crippen LogP contribution is 2.23. The largest absolute Gasteiger partial charge is 0.465 e. The quantitative estimate of drug-likeness (QED) is 0.514. The van der Waals surface area contributed by atoms with E-state index in [1.165, 1.54) is 23.5 Å². The van der Waals surface area contributed by atoms with E-state index < -0.39 is 21.7 Å². The Balaban J connectivity index is 2.07. The van der Waals surface area contributed by atoms with E-state index in [2.05, 4.69) is 4.99 Å². The molecule has 0 aliphatic rings. The molecule has 3 rings (SSSR count). The van der Waals surface area contributed by atoms with Crippen LogP contribution in [0.25, 0.3) is 10.2 Å². The molecule has 0 N–H and O–H groups in total. The average molecular weight is 473 g/mol. The first kappa shape index (κ1) is 21.7. The number of nitrogens with zero attached hydrogens (tertiary/aromatic N) is 2. The van der Waals surface area contributed by atoms with Crippen LogP contribution in [0.15, 0.2) is 40.2 Å². The van der Waals surface area contributed by atoms with Crippen molar-refractivity contribution in [1.29, 1.82) is 0 Å². The molecule has 11 heteroatoms. The fraction of sp³-hybridized carbons (Fsp3) is 0.278. The number of amides is 1. The summed E-state index contributed by atoms with van der Waals surface area (Å²) in [5, 5.41) is 0. The zero-order chi connectivity index (χ0) is 21.2. The van der Waals surface area contributed by atoms with Crippen LogP contribution < -0.4 is 4.80 Å². The third kappa shape index (κ3) is 5.33. The van der Waals surface area contributed by atoms with Gasteiger partial charge in [-0.1, -0.05) is 22.9 Å². The van der Waals surface area contributed by atoms with Crippen molar-refractivity contribution >= 4 is 66.2 Å². The predicted octanol–water partition coefficient (Wildman–Crippen LogP) is 3.05. The molecule has 0 atom stereocenters. The Bertz CT molecular complexity index is 1250. The SMILES string of the molecule is CCOC(=O)Cn1c(=NC(=O)Cc2ccc(Cl)s2)sc2cc(S(C)(=O)=O)ccc21. The maximum Gasteiger partial charge on any atom is 0.326 e. The van der Waals surface area contributed by atoms with Crippen molar-refractivity contribution in [3.05, 3.63) is 44.3 Å². The van der Waals surface area contributed by atoms with Gasteiger partial charge in [0.1, 0.15) is 6.54 Å². The van der Waals surface area contributed by atoms with Gasteiger partial charge in [0, 0.05) is 11.1 Å². The van der Waals surface area contributed by atoms with Gasteiger partial charge < -0.3 is 9.30 Å². The van der Waals surface area contributed by atoms with Crippen LogP contribution in [-0.4, -0.2) is 37.7 Å². The summed E-state index contributed by atoms with van der Waals surface area (Å²) in [6, 6.07) is 8.05. The lowest BCUT2D eigenvalue weighted by Gasteiger charge is -2.05. The van der Waals surface area contributed by atoms with E-state index in [-0.39, 0.29) is 24.5 Å². The van der Waals surface area contributed by atoms with E-state index in [4.69, 9.17) is 16.3 Å². The summed E-state index contributed by atoms with van der Waals surface area (Å²) in [7, 11) is -3.39. The van der Waals surface area contributed by atoms with Crippen LogP contribution in [-0.2, 0) is 37.1 Å². The number of thiophene rings is 1. The number of hydrogen-bond donors (Lipinski definition) is 0. The van der Waals surface area contributed by atoms with Gasteiger partial charge >= 0.3 is 5.97 Å². The van der Waals surface area contributed by atoms with Crippen molar-refractivity contribution in [3.8, 4) is 0 Å². The van der Waals surface area contributed by atoms with Crippen LogP contribution in [0.2, 0.25) is 4.34 Å². The first-order valence-corrected chi connectivity index (χ1v) is 12.4. The number of carbonyl (C=O) groups excluding carboxylic acids is 2. The Kier molecular flexibility index (Phi) is 6.57. The van der Waals surface area contributed by atoms with Crippen LogP contribution in [0.5, 0.6) is 0 Å². The number of rotatable bonds is 6. The van der Waals surface area contributed by atoms with Crippen molar-refractivity contribution in [2.75, 3.05) is 12.9 Å². The minimum absolute atomic E-state index is 0.0830. The normalized spacial score (nSPS) is 12.4. The number of sulfone groups is 1. The number of esters is 1. The zero-order valence-corrected chi connectivity index (χ0v) is 18.8. The summed E-state index contributed by atoms with van der Waals surface area (Å²) in [6.45, 7) is 1.79. The molecule has 0 fully saturated rings. The monoisotopic (exact) mass is 472 g/mol. The molecule has 3 aromatic rings. The Morgan fingerprint density at radius 2 is 1.97 bits per heavy atom. The summed E-state index contributed by atoms with van der Waals surface area (Å²) >= 11 is 8.33. The fourth-order valence-corrected chi connectivity index (χ4v) is 5.49. The minimum Gasteiger partial charge on any atom is -0.465 e. The Hall–Kier alpha value is -2.01. The molecule has 154 valence electrons. The maximum atomic E-state index is 12.4. The molecule has 0 aliphatic heterocycles.